The molecule has 0 aromatic carbocycles. The lowest BCUT2D eigenvalue weighted by atomic mass is 10.2. The first-order chi connectivity index (χ1) is 10.8. The Morgan fingerprint density at radius 2 is 1.86 bits per heavy atom. The summed E-state index contributed by atoms with van der Waals surface area (Å²) in [4.78, 5) is 0. The van der Waals surface area contributed by atoms with Gasteiger partial charge in [-0.15, -0.1) is 0 Å². The van der Waals surface area contributed by atoms with Crippen LogP contribution in [-0.2, 0) is 23.7 Å². The fourth-order valence-electron chi connectivity index (χ4n) is 2.06. The Balaban J connectivity index is 2.08. The lowest BCUT2D eigenvalue weighted by Crippen LogP contribution is -2.26. The molecule has 0 N–H and O–H groups in total. The van der Waals surface area contributed by atoms with Crippen molar-refractivity contribution in [2.75, 3.05) is 33.0 Å². The maximum Gasteiger partial charge on any atom is 0.180 e. The largest absolute Gasteiger partial charge is 0.372 e. The lowest BCUT2D eigenvalue weighted by Gasteiger charge is -2.21. The van der Waals surface area contributed by atoms with E-state index in [1.54, 1.807) is 0 Å². The Labute approximate surface area is 134 Å². The molecule has 5 nitrogen and oxygen atoms in total. The molecule has 2 unspecified atom stereocenters. The van der Waals surface area contributed by atoms with E-state index in [-0.39, 0.29) is 18.7 Å². The van der Waals surface area contributed by atoms with Crippen LogP contribution in [0.4, 0.5) is 0 Å². The summed E-state index contributed by atoms with van der Waals surface area (Å²) in [5.74, 6) is 6.08. The third kappa shape index (κ3) is 9.39. The zero-order valence-electron chi connectivity index (χ0n) is 14.1. The molecule has 0 amide bonds. The number of hydrogen-bond acceptors (Lipinski definition) is 5. The summed E-state index contributed by atoms with van der Waals surface area (Å²) in [7, 11) is 0. The SMILES string of the molecule is CCOC(COC(C)CC#CCOC1CCCCO1)OCC. The maximum atomic E-state index is 5.69. The van der Waals surface area contributed by atoms with Gasteiger partial charge in [-0.3, -0.25) is 0 Å². The number of ether oxygens (including phenoxy) is 5. The van der Waals surface area contributed by atoms with Gasteiger partial charge in [0.25, 0.3) is 0 Å². The van der Waals surface area contributed by atoms with E-state index in [1.165, 1.54) is 6.42 Å². The van der Waals surface area contributed by atoms with Gasteiger partial charge in [-0.1, -0.05) is 11.8 Å². The van der Waals surface area contributed by atoms with Gasteiger partial charge in [-0.25, -0.2) is 0 Å². The molecule has 5 heteroatoms. The molecule has 2 atom stereocenters. The number of rotatable bonds is 10. The highest BCUT2D eigenvalue weighted by Gasteiger charge is 2.13. The van der Waals surface area contributed by atoms with Gasteiger partial charge in [-0.2, -0.15) is 0 Å². The summed E-state index contributed by atoms with van der Waals surface area (Å²) in [5.41, 5.74) is 0. The van der Waals surface area contributed by atoms with Crippen LogP contribution in [0.5, 0.6) is 0 Å². The van der Waals surface area contributed by atoms with Crippen molar-refractivity contribution >= 4 is 0 Å². The van der Waals surface area contributed by atoms with Crippen LogP contribution in [0, 0.1) is 11.8 Å². The quantitative estimate of drug-likeness (QED) is 0.458. The fourth-order valence-corrected chi connectivity index (χ4v) is 2.06. The Kier molecular flexibility index (Phi) is 11.3. The zero-order chi connectivity index (χ0) is 16.0. The average Bonchev–Trinajstić information content (AvgIpc) is 2.54. The van der Waals surface area contributed by atoms with Gasteiger partial charge in [0.05, 0.1) is 12.7 Å². The predicted molar refractivity (Wildman–Crippen MR) is 84.4 cm³/mol. The molecular formula is C17H30O5. The molecule has 0 aromatic rings. The first-order valence-electron chi connectivity index (χ1n) is 8.30. The molecule has 128 valence electrons. The van der Waals surface area contributed by atoms with Crippen molar-refractivity contribution < 1.29 is 23.7 Å². The first kappa shape index (κ1) is 19.4. The smallest absolute Gasteiger partial charge is 0.180 e. The van der Waals surface area contributed by atoms with Gasteiger partial charge in [0.15, 0.2) is 12.6 Å². The summed E-state index contributed by atoms with van der Waals surface area (Å²) in [6, 6.07) is 0. The van der Waals surface area contributed by atoms with E-state index < -0.39 is 0 Å². The minimum atomic E-state index is -0.294. The molecule has 1 rings (SSSR count). The Morgan fingerprint density at radius 1 is 1.09 bits per heavy atom. The van der Waals surface area contributed by atoms with Gasteiger partial charge in [0.2, 0.25) is 0 Å². The van der Waals surface area contributed by atoms with Crippen molar-refractivity contribution in [3.8, 4) is 11.8 Å². The van der Waals surface area contributed by atoms with Crippen LogP contribution in [0.1, 0.15) is 46.5 Å². The van der Waals surface area contributed by atoms with Crippen molar-refractivity contribution in [2.24, 2.45) is 0 Å². The van der Waals surface area contributed by atoms with E-state index in [1.807, 2.05) is 20.8 Å². The van der Waals surface area contributed by atoms with E-state index >= 15 is 0 Å². The predicted octanol–water partition coefficient (Wildman–Crippen LogP) is 2.73. The molecule has 22 heavy (non-hydrogen) atoms. The Morgan fingerprint density at radius 3 is 2.50 bits per heavy atom. The minimum Gasteiger partial charge on any atom is -0.372 e. The van der Waals surface area contributed by atoms with Crippen molar-refractivity contribution in [3.05, 3.63) is 0 Å². The normalized spacial score (nSPS) is 19.7. The van der Waals surface area contributed by atoms with Gasteiger partial charge < -0.3 is 23.7 Å². The third-order valence-electron chi connectivity index (χ3n) is 3.22. The van der Waals surface area contributed by atoms with Crippen LogP contribution in [0.3, 0.4) is 0 Å². The highest BCUT2D eigenvalue weighted by atomic mass is 16.7. The van der Waals surface area contributed by atoms with Crippen LogP contribution < -0.4 is 0 Å². The molecular weight excluding hydrogens is 284 g/mol. The molecule has 1 fully saturated rings. The molecule has 1 aliphatic heterocycles. The van der Waals surface area contributed by atoms with E-state index in [2.05, 4.69) is 11.8 Å². The average molecular weight is 314 g/mol. The topological polar surface area (TPSA) is 46.2 Å². The van der Waals surface area contributed by atoms with Crippen LogP contribution in [0.15, 0.2) is 0 Å². The van der Waals surface area contributed by atoms with Crippen LogP contribution in [0.25, 0.3) is 0 Å². The summed E-state index contributed by atoms with van der Waals surface area (Å²) in [5, 5.41) is 0. The minimum absolute atomic E-state index is 0.0434. The van der Waals surface area contributed by atoms with Crippen molar-refractivity contribution in [3.63, 3.8) is 0 Å². The van der Waals surface area contributed by atoms with Gasteiger partial charge in [-0.05, 0) is 40.0 Å². The lowest BCUT2D eigenvalue weighted by molar-refractivity contribution is -0.174. The summed E-state index contributed by atoms with van der Waals surface area (Å²) in [6.07, 6.45) is 3.61. The van der Waals surface area contributed by atoms with Crippen molar-refractivity contribution in [2.45, 2.75) is 65.1 Å². The zero-order valence-corrected chi connectivity index (χ0v) is 14.1. The molecule has 0 aliphatic carbocycles. The first-order valence-corrected chi connectivity index (χ1v) is 8.30. The highest BCUT2D eigenvalue weighted by Crippen LogP contribution is 2.13. The molecule has 1 aliphatic rings. The second-order valence-corrected chi connectivity index (χ2v) is 5.15. The molecule has 0 spiro atoms. The molecule has 0 bridgehead atoms. The highest BCUT2D eigenvalue weighted by molar-refractivity contribution is 5.00. The van der Waals surface area contributed by atoms with Crippen molar-refractivity contribution in [1.29, 1.82) is 0 Å². The second-order valence-electron chi connectivity index (χ2n) is 5.15. The van der Waals surface area contributed by atoms with Gasteiger partial charge in [0.1, 0.15) is 6.61 Å². The Hall–Kier alpha value is -0.640. The van der Waals surface area contributed by atoms with Gasteiger partial charge >= 0.3 is 0 Å². The van der Waals surface area contributed by atoms with E-state index in [0.29, 0.717) is 32.8 Å². The standard InChI is InChI=1S/C17H30O5/c1-4-18-17(19-5-2)14-22-15(3)10-6-8-12-20-16-11-7-9-13-21-16/h15-17H,4-5,7,9-14H2,1-3H3. The van der Waals surface area contributed by atoms with E-state index in [0.717, 1.165) is 19.4 Å². The monoisotopic (exact) mass is 314 g/mol. The molecule has 0 aromatic heterocycles. The van der Waals surface area contributed by atoms with Crippen LogP contribution in [0.2, 0.25) is 0 Å². The molecule has 0 radical (unpaired) electrons. The fraction of sp³-hybridized carbons (Fsp3) is 0.882. The summed E-state index contributed by atoms with van der Waals surface area (Å²) >= 11 is 0. The van der Waals surface area contributed by atoms with Crippen molar-refractivity contribution in [1.82, 2.24) is 0 Å². The van der Waals surface area contributed by atoms with E-state index in [4.69, 9.17) is 23.7 Å². The number of hydrogen-bond donors (Lipinski definition) is 0. The maximum absolute atomic E-state index is 5.69. The Bertz CT molecular complexity index is 311. The summed E-state index contributed by atoms with van der Waals surface area (Å²) in [6.45, 7) is 8.74. The van der Waals surface area contributed by atoms with Crippen LogP contribution >= 0.6 is 0 Å². The van der Waals surface area contributed by atoms with Crippen LogP contribution in [-0.4, -0.2) is 51.7 Å². The third-order valence-corrected chi connectivity index (χ3v) is 3.22. The second kappa shape index (κ2) is 12.9. The molecule has 1 heterocycles. The molecule has 0 saturated carbocycles. The van der Waals surface area contributed by atoms with Gasteiger partial charge in [0, 0.05) is 26.2 Å². The molecule has 1 saturated heterocycles. The van der Waals surface area contributed by atoms with E-state index in [9.17, 15) is 0 Å². The summed E-state index contributed by atoms with van der Waals surface area (Å²) < 4.78 is 27.6.